The van der Waals surface area contributed by atoms with Crippen molar-refractivity contribution in [3.63, 3.8) is 0 Å². The van der Waals surface area contributed by atoms with Crippen molar-refractivity contribution in [2.24, 2.45) is 13.0 Å². The molecule has 0 amide bonds. The van der Waals surface area contributed by atoms with Crippen molar-refractivity contribution in [1.82, 2.24) is 19.2 Å². The third-order valence-corrected chi connectivity index (χ3v) is 8.23. The molecule has 1 aliphatic heterocycles. The molecule has 1 unspecified atom stereocenters. The van der Waals surface area contributed by atoms with Crippen molar-refractivity contribution in [2.75, 3.05) is 19.6 Å². The van der Waals surface area contributed by atoms with Gasteiger partial charge in [0.15, 0.2) is 0 Å². The largest absolute Gasteiger partial charge is 0.302 e. The Hall–Kier alpha value is -1.57. The van der Waals surface area contributed by atoms with Crippen LogP contribution in [0, 0.1) is 12.8 Å². The van der Waals surface area contributed by atoms with Gasteiger partial charge in [-0.2, -0.15) is 0 Å². The number of nitrogens with zero attached hydrogens (tertiary/aromatic N) is 3. The number of aromatic nitrogens is 2. The van der Waals surface area contributed by atoms with E-state index in [-0.39, 0.29) is 22.3 Å². The first-order chi connectivity index (χ1) is 14.5. The van der Waals surface area contributed by atoms with Crippen LogP contribution < -0.4 is 10.3 Å². The summed E-state index contributed by atoms with van der Waals surface area (Å²) in [5.41, 5.74) is 2.71. The minimum atomic E-state index is -1.21. The van der Waals surface area contributed by atoms with Crippen LogP contribution >= 0.6 is 0 Å². The fourth-order valence-corrected chi connectivity index (χ4v) is 5.34. The Balaban J connectivity index is 1.72. The summed E-state index contributed by atoms with van der Waals surface area (Å²) >= 11 is 0. The standard InChI is InChI=1S/C24H36N4O2S/c1-15-11-19(16(2)26-31(30)24(3,4)5)21-20(12-15)23(29)27(6)22(25-21)18-9-10-28(14-18)13-17-7-8-17/h11-12,16-18,26H,7-10,13-14H2,1-6H3/t16-,18?,31-/m1/s1. The normalized spacial score (nSPS) is 22.2. The second-order valence-electron chi connectivity index (χ2n) is 10.5. The quantitative estimate of drug-likeness (QED) is 0.740. The van der Waals surface area contributed by atoms with Gasteiger partial charge in [0.05, 0.1) is 26.6 Å². The van der Waals surface area contributed by atoms with Gasteiger partial charge in [-0.1, -0.05) is 6.07 Å². The number of hydrogen-bond acceptors (Lipinski definition) is 4. The molecule has 1 saturated carbocycles. The van der Waals surface area contributed by atoms with E-state index in [1.165, 1.54) is 19.4 Å². The fourth-order valence-electron chi connectivity index (χ4n) is 4.54. The van der Waals surface area contributed by atoms with Gasteiger partial charge in [0.25, 0.3) is 5.56 Å². The molecule has 2 fully saturated rings. The number of hydrogen-bond donors (Lipinski definition) is 1. The highest BCUT2D eigenvalue weighted by atomic mass is 32.2. The zero-order valence-corrected chi connectivity index (χ0v) is 20.5. The molecule has 7 heteroatoms. The molecule has 2 aliphatic rings. The molecule has 1 N–H and O–H groups in total. The Labute approximate surface area is 188 Å². The first-order valence-corrected chi connectivity index (χ1v) is 12.6. The lowest BCUT2D eigenvalue weighted by molar-refractivity contribution is 0.318. The maximum Gasteiger partial charge on any atom is 0.261 e. The Kier molecular flexibility index (Phi) is 6.14. The molecule has 2 aromatic rings. The van der Waals surface area contributed by atoms with Gasteiger partial charge in [0.1, 0.15) is 5.82 Å². The van der Waals surface area contributed by atoms with E-state index in [0.717, 1.165) is 47.9 Å². The van der Waals surface area contributed by atoms with Crippen molar-refractivity contribution in [2.45, 2.75) is 70.6 Å². The van der Waals surface area contributed by atoms with Crippen molar-refractivity contribution >= 4 is 21.9 Å². The lowest BCUT2D eigenvalue weighted by atomic mass is 10.0. The average molecular weight is 445 g/mol. The molecule has 3 atom stereocenters. The van der Waals surface area contributed by atoms with Crippen molar-refractivity contribution < 1.29 is 4.21 Å². The van der Waals surface area contributed by atoms with Gasteiger partial charge < -0.3 is 4.90 Å². The summed E-state index contributed by atoms with van der Waals surface area (Å²) in [4.78, 5) is 20.9. The van der Waals surface area contributed by atoms with Gasteiger partial charge in [-0.25, -0.2) is 13.9 Å². The van der Waals surface area contributed by atoms with Gasteiger partial charge in [-0.15, -0.1) is 0 Å². The number of rotatable bonds is 6. The van der Waals surface area contributed by atoms with Crippen LogP contribution in [0.4, 0.5) is 0 Å². The number of fused-ring (bicyclic) bond motifs is 1. The molecule has 0 spiro atoms. The second-order valence-corrected chi connectivity index (χ2v) is 12.5. The highest BCUT2D eigenvalue weighted by Crippen LogP contribution is 2.34. The third kappa shape index (κ3) is 4.78. The third-order valence-electron chi connectivity index (χ3n) is 6.55. The molecule has 1 aromatic heterocycles. The SMILES string of the molecule is Cc1cc([C@@H](C)N[S@](=O)C(C)(C)C)c2nc(C3CCN(CC4CC4)C3)n(C)c(=O)c2c1. The first kappa shape index (κ1) is 22.6. The summed E-state index contributed by atoms with van der Waals surface area (Å²) in [6.45, 7) is 13.1. The van der Waals surface area contributed by atoms with Crippen LogP contribution in [0.2, 0.25) is 0 Å². The molecule has 4 rings (SSSR count). The summed E-state index contributed by atoms with van der Waals surface area (Å²) in [5.74, 6) is 2.03. The van der Waals surface area contributed by atoms with Crippen molar-refractivity contribution in [3.8, 4) is 0 Å². The zero-order valence-electron chi connectivity index (χ0n) is 19.7. The monoisotopic (exact) mass is 444 g/mol. The Morgan fingerprint density at radius 3 is 2.61 bits per heavy atom. The average Bonchev–Trinajstić information content (AvgIpc) is 3.38. The van der Waals surface area contributed by atoms with E-state index in [1.54, 1.807) is 4.57 Å². The summed E-state index contributed by atoms with van der Waals surface area (Å²) < 4.78 is 17.3. The van der Waals surface area contributed by atoms with Crippen LogP contribution in [0.3, 0.4) is 0 Å². The Morgan fingerprint density at radius 1 is 1.26 bits per heavy atom. The minimum Gasteiger partial charge on any atom is -0.302 e. The molecule has 0 radical (unpaired) electrons. The second kappa shape index (κ2) is 8.41. The van der Waals surface area contributed by atoms with E-state index in [0.29, 0.717) is 5.39 Å². The molecule has 170 valence electrons. The van der Waals surface area contributed by atoms with E-state index in [1.807, 2.05) is 47.7 Å². The topological polar surface area (TPSA) is 67.2 Å². The molecule has 1 aromatic carbocycles. The maximum atomic E-state index is 13.3. The van der Waals surface area contributed by atoms with E-state index in [9.17, 15) is 9.00 Å². The van der Waals surface area contributed by atoms with Crippen LogP contribution in [0.5, 0.6) is 0 Å². The summed E-state index contributed by atoms with van der Waals surface area (Å²) in [7, 11) is 0.646. The van der Waals surface area contributed by atoms with Gasteiger partial charge in [-0.3, -0.25) is 9.36 Å². The Bertz CT molecular complexity index is 1070. The highest BCUT2D eigenvalue weighted by molar-refractivity contribution is 7.84. The van der Waals surface area contributed by atoms with Crippen LogP contribution in [0.15, 0.2) is 16.9 Å². The molecule has 1 saturated heterocycles. The molecular formula is C24H36N4O2S. The van der Waals surface area contributed by atoms with Crippen LogP contribution in [0.1, 0.15) is 75.9 Å². The molecule has 0 bridgehead atoms. The van der Waals surface area contributed by atoms with Gasteiger partial charge in [0, 0.05) is 32.1 Å². The van der Waals surface area contributed by atoms with E-state index in [2.05, 4.69) is 15.7 Å². The predicted octanol–water partition coefficient (Wildman–Crippen LogP) is 3.55. The summed E-state index contributed by atoms with van der Waals surface area (Å²) in [6.07, 6.45) is 3.76. The van der Waals surface area contributed by atoms with Crippen molar-refractivity contribution in [1.29, 1.82) is 0 Å². The van der Waals surface area contributed by atoms with E-state index >= 15 is 0 Å². The molecular weight excluding hydrogens is 408 g/mol. The molecule has 6 nitrogen and oxygen atoms in total. The fraction of sp³-hybridized carbons (Fsp3) is 0.667. The number of aryl methyl sites for hydroxylation is 1. The van der Waals surface area contributed by atoms with Crippen LogP contribution in [0.25, 0.3) is 10.9 Å². The number of nitrogens with one attached hydrogen (secondary N) is 1. The zero-order chi connectivity index (χ0) is 22.5. The number of likely N-dealkylation sites (tertiary alicyclic amines) is 1. The minimum absolute atomic E-state index is 0.00902. The van der Waals surface area contributed by atoms with Crippen LogP contribution in [-0.2, 0) is 18.0 Å². The molecule has 2 heterocycles. The molecule has 1 aliphatic carbocycles. The Morgan fingerprint density at radius 2 is 1.97 bits per heavy atom. The van der Waals surface area contributed by atoms with Gasteiger partial charge in [0.2, 0.25) is 0 Å². The van der Waals surface area contributed by atoms with Crippen LogP contribution in [-0.4, -0.2) is 43.0 Å². The highest BCUT2D eigenvalue weighted by Gasteiger charge is 2.32. The molecule has 31 heavy (non-hydrogen) atoms. The smallest absolute Gasteiger partial charge is 0.261 e. The summed E-state index contributed by atoms with van der Waals surface area (Å²) in [5, 5.41) is 0.643. The maximum absolute atomic E-state index is 13.3. The van der Waals surface area contributed by atoms with E-state index < -0.39 is 11.0 Å². The predicted molar refractivity (Wildman–Crippen MR) is 128 cm³/mol. The van der Waals surface area contributed by atoms with Gasteiger partial charge >= 0.3 is 0 Å². The van der Waals surface area contributed by atoms with Crippen molar-refractivity contribution in [3.05, 3.63) is 39.4 Å². The lowest BCUT2D eigenvalue weighted by Crippen LogP contribution is -2.35. The number of benzene rings is 1. The summed E-state index contributed by atoms with van der Waals surface area (Å²) in [6, 6.07) is 3.83. The first-order valence-electron chi connectivity index (χ1n) is 11.5. The lowest BCUT2D eigenvalue weighted by Gasteiger charge is -2.24. The van der Waals surface area contributed by atoms with E-state index in [4.69, 9.17) is 4.98 Å². The van der Waals surface area contributed by atoms with Gasteiger partial charge in [-0.05, 0) is 83.5 Å².